The highest BCUT2D eigenvalue weighted by atomic mass is 19.4. The molecule has 0 saturated carbocycles. The smallest absolute Gasteiger partial charge is 0.368 e. The third-order valence-electron chi connectivity index (χ3n) is 5.03. The number of alkyl halides is 3. The molecule has 0 spiro atoms. The quantitative estimate of drug-likeness (QED) is 0.587. The summed E-state index contributed by atoms with van der Waals surface area (Å²) >= 11 is 0. The fourth-order valence-electron chi connectivity index (χ4n) is 3.55. The number of amides is 1. The highest BCUT2D eigenvalue weighted by Gasteiger charge is 2.37. The third kappa shape index (κ3) is 4.49. The number of rotatable bonds is 4. The van der Waals surface area contributed by atoms with Crippen LogP contribution in [0.25, 0.3) is 0 Å². The Balaban J connectivity index is 1.66. The first-order valence-electron chi connectivity index (χ1n) is 8.86. The summed E-state index contributed by atoms with van der Waals surface area (Å²) < 4.78 is 40.1. The van der Waals surface area contributed by atoms with Crippen molar-refractivity contribution in [1.29, 1.82) is 0 Å². The summed E-state index contributed by atoms with van der Waals surface area (Å²) in [5.74, 6) is 0.0623. The Morgan fingerprint density at radius 1 is 1.07 bits per heavy atom. The number of hydrogen-bond acceptors (Lipinski definition) is 5. The summed E-state index contributed by atoms with van der Waals surface area (Å²) in [6, 6.07) is 2.83. The van der Waals surface area contributed by atoms with Crippen molar-refractivity contribution in [2.24, 2.45) is 0 Å². The Morgan fingerprint density at radius 2 is 1.70 bits per heavy atom. The van der Waals surface area contributed by atoms with Crippen molar-refractivity contribution in [3.63, 3.8) is 0 Å². The lowest BCUT2D eigenvalue weighted by molar-refractivity contribution is -0.385. The highest BCUT2D eigenvalue weighted by molar-refractivity contribution is 5.78. The van der Waals surface area contributed by atoms with Crippen LogP contribution in [0, 0.1) is 10.1 Å². The monoisotopic (exact) mass is 386 g/mol. The molecule has 1 aromatic carbocycles. The topological polar surface area (TPSA) is 69.9 Å². The normalized spacial score (nSPS) is 18.8. The Labute approximate surface area is 154 Å². The molecular formula is C17H21F3N4O3. The van der Waals surface area contributed by atoms with Crippen LogP contribution in [0.4, 0.5) is 24.5 Å². The number of carbonyl (C=O) groups excluding carboxylic acids is 1. The van der Waals surface area contributed by atoms with E-state index in [0.29, 0.717) is 32.2 Å². The molecule has 0 radical (unpaired) electrons. The van der Waals surface area contributed by atoms with Crippen molar-refractivity contribution < 1.29 is 22.9 Å². The minimum absolute atomic E-state index is 0.0568. The molecule has 148 valence electrons. The minimum atomic E-state index is -4.68. The lowest BCUT2D eigenvalue weighted by Gasteiger charge is -2.37. The highest BCUT2D eigenvalue weighted by Crippen LogP contribution is 2.39. The van der Waals surface area contributed by atoms with Crippen molar-refractivity contribution in [2.45, 2.75) is 19.0 Å². The van der Waals surface area contributed by atoms with E-state index in [1.54, 1.807) is 4.90 Å². The van der Waals surface area contributed by atoms with Crippen molar-refractivity contribution in [1.82, 2.24) is 9.80 Å². The van der Waals surface area contributed by atoms with Gasteiger partial charge in [0, 0.05) is 57.1 Å². The fraction of sp³-hybridized carbons (Fsp3) is 0.588. The summed E-state index contributed by atoms with van der Waals surface area (Å²) in [7, 11) is 0. The molecule has 2 saturated heterocycles. The number of halogens is 3. The number of non-ortho nitro benzene ring substituents is 1. The molecule has 1 aromatic rings. The van der Waals surface area contributed by atoms with Crippen LogP contribution in [0.1, 0.15) is 18.4 Å². The van der Waals surface area contributed by atoms with Gasteiger partial charge in [-0.05, 0) is 18.9 Å². The molecule has 7 nitrogen and oxygen atoms in total. The van der Waals surface area contributed by atoms with Gasteiger partial charge < -0.3 is 9.80 Å². The average molecular weight is 386 g/mol. The van der Waals surface area contributed by atoms with E-state index in [1.165, 1.54) is 0 Å². The number of nitro groups is 1. The van der Waals surface area contributed by atoms with Gasteiger partial charge in [-0.15, -0.1) is 0 Å². The molecule has 1 amide bonds. The minimum Gasteiger partial charge on any atom is -0.368 e. The second-order valence-electron chi connectivity index (χ2n) is 6.81. The Bertz CT molecular complexity index is 712. The maximum absolute atomic E-state index is 13.4. The zero-order chi connectivity index (χ0) is 19.6. The first kappa shape index (κ1) is 19.4. The second kappa shape index (κ2) is 7.71. The van der Waals surface area contributed by atoms with Gasteiger partial charge in [0.15, 0.2) is 0 Å². The number of piperazine rings is 1. The largest absolute Gasteiger partial charge is 0.418 e. The van der Waals surface area contributed by atoms with Gasteiger partial charge in [-0.3, -0.25) is 19.8 Å². The summed E-state index contributed by atoms with van der Waals surface area (Å²) in [6.07, 6.45) is -2.65. The van der Waals surface area contributed by atoms with Gasteiger partial charge in [-0.1, -0.05) is 0 Å². The summed E-state index contributed by atoms with van der Waals surface area (Å²) in [5, 5.41) is 10.8. The first-order chi connectivity index (χ1) is 12.8. The van der Waals surface area contributed by atoms with Gasteiger partial charge >= 0.3 is 6.18 Å². The zero-order valence-corrected chi connectivity index (χ0v) is 14.7. The average Bonchev–Trinajstić information content (AvgIpc) is 3.16. The number of benzene rings is 1. The zero-order valence-electron chi connectivity index (χ0n) is 14.7. The van der Waals surface area contributed by atoms with Gasteiger partial charge in [0.1, 0.15) is 0 Å². The van der Waals surface area contributed by atoms with E-state index in [1.807, 2.05) is 9.80 Å². The number of anilines is 1. The van der Waals surface area contributed by atoms with Crippen LogP contribution in [0.5, 0.6) is 0 Å². The van der Waals surface area contributed by atoms with E-state index < -0.39 is 22.4 Å². The Kier molecular flexibility index (Phi) is 5.54. The van der Waals surface area contributed by atoms with E-state index >= 15 is 0 Å². The molecule has 10 heteroatoms. The molecule has 0 aliphatic carbocycles. The van der Waals surface area contributed by atoms with Gasteiger partial charge in [0.25, 0.3) is 5.69 Å². The van der Waals surface area contributed by atoms with E-state index in [2.05, 4.69) is 0 Å². The molecule has 3 rings (SSSR count). The van der Waals surface area contributed by atoms with Crippen molar-refractivity contribution >= 4 is 17.3 Å². The standard InChI is InChI=1S/C17H21F3N4O3/c18-17(19,20)14-11-13(24(26)27)3-4-15(14)22-9-7-21(8-10-22)12-16(25)23-5-1-2-6-23/h3-4,11H,1-2,5-10,12H2. The molecule has 2 aliphatic heterocycles. The third-order valence-corrected chi connectivity index (χ3v) is 5.03. The van der Waals surface area contributed by atoms with E-state index in [-0.39, 0.29) is 18.1 Å². The lowest BCUT2D eigenvalue weighted by Crippen LogP contribution is -2.50. The number of likely N-dealkylation sites (tertiary alicyclic amines) is 1. The SMILES string of the molecule is O=C(CN1CCN(c2ccc([N+](=O)[O-])cc2C(F)(F)F)CC1)N1CCCC1. The Morgan fingerprint density at radius 3 is 2.26 bits per heavy atom. The number of hydrogen-bond donors (Lipinski definition) is 0. The Hall–Kier alpha value is -2.36. The number of nitrogens with zero attached hydrogens (tertiary/aromatic N) is 4. The van der Waals surface area contributed by atoms with Crippen molar-refractivity contribution in [3.05, 3.63) is 33.9 Å². The molecule has 0 atom stereocenters. The van der Waals surface area contributed by atoms with Gasteiger partial charge in [0.2, 0.25) is 5.91 Å². The van der Waals surface area contributed by atoms with E-state index in [0.717, 1.165) is 38.1 Å². The van der Waals surface area contributed by atoms with Gasteiger partial charge in [0.05, 0.1) is 17.0 Å². The predicted molar refractivity (Wildman–Crippen MR) is 92.6 cm³/mol. The molecule has 2 heterocycles. The molecule has 0 aromatic heterocycles. The first-order valence-corrected chi connectivity index (χ1v) is 8.86. The molecule has 0 bridgehead atoms. The predicted octanol–water partition coefficient (Wildman–Crippen LogP) is 2.36. The molecule has 2 aliphatic rings. The van der Waals surface area contributed by atoms with E-state index in [4.69, 9.17) is 0 Å². The molecule has 2 fully saturated rings. The molecule has 27 heavy (non-hydrogen) atoms. The van der Waals surface area contributed by atoms with Crippen molar-refractivity contribution in [2.75, 3.05) is 50.7 Å². The lowest BCUT2D eigenvalue weighted by atomic mass is 10.1. The molecular weight excluding hydrogens is 365 g/mol. The number of carbonyl (C=O) groups is 1. The summed E-state index contributed by atoms with van der Waals surface area (Å²) in [6.45, 7) is 3.41. The van der Waals surface area contributed by atoms with Crippen LogP contribution in [0.3, 0.4) is 0 Å². The maximum atomic E-state index is 13.4. The fourth-order valence-corrected chi connectivity index (χ4v) is 3.55. The summed E-state index contributed by atoms with van der Waals surface area (Å²) in [5.41, 5.74) is -1.64. The molecule has 0 unspecified atom stereocenters. The van der Waals surface area contributed by atoms with Gasteiger partial charge in [-0.2, -0.15) is 13.2 Å². The second-order valence-corrected chi connectivity index (χ2v) is 6.81. The van der Waals surface area contributed by atoms with Crippen LogP contribution in [0.2, 0.25) is 0 Å². The van der Waals surface area contributed by atoms with Crippen molar-refractivity contribution in [3.8, 4) is 0 Å². The van der Waals surface area contributed by atoms with Crippen LogP contribution in [-0.4, -0.2) is 66.4 Å². The number of nitro benzene ring substituents is 1. The van der Waals surface area contributed by atoms with Crippen LogP contribution in [0.15, 0.2) is 18.2 Å². The maximum Gasteiger partial charge on any atom is 0.418 e. The van der Waals surface area contributed by atoms with Crippen LogP contribution in [-0.2, 0) is 11.0 Å². The van der Waals surface area contributed by atoms with E-state index in [9.17, 15) is 28.1 Å². The van der Waals surface area contributed by atoms with Gasteiger partial charge in [-0.25, -0.2) is 0 Å². The molecule has 0 N–H and O–H groups in total. The van der Waals surface area contributed by atoms with Crippen LogP contribution < -0.4 is 4.90 Å². The van der Waals surface area contributed by atoms with Crippen LogP contribution >= 0.6 is 0 Å². The summed E-state index contributed by atoms with van der Waals surface area (Å²) in [4.78, 5) is 27.5.